The Morgan fingerprint density at radius 3 is 2.30 bits per heavy atom. The number of H-pyrrole nitrogens is 1. The number of benzene rings is 2. The second-order valence-corrected chi connectivity index (χ2v) is 6.97. The molecule has 1 heterocycles. The maximum Gasteiger partial charge on any atom is 0.197 e. The van der Waals surface area contributed by atoms with Crippen LogP contribution < -0.4 is 5.73 Å². The van der Waals surface area contributed by atoms with Gasteiger partial charge in [0.25, 0.3) is 0 Å². The van der Waals surface area contributed by atoms with E-state index in [1.54, 1.807) is 6.20 Å². The molecule has 1 aromatic heterocycles. The average molecular weight is 435 g/mol. The number of Topliss-reactive ketones (excluding diaryl/α,β-unsaturated/α-hetero) is 1. The average Bonchev–Trinajstić information content (AvgIpc) is 2.93. The number of nitrogens with two attached hydrogens (primary N) is 1. The van der Waals surface area contributed by atoms with Gasteiger partial charge in [0.05, 0.1) is 11.9 Å². The van der Waals surface area contributed by atoms with Gasteiger partial charge in [0.1, 0.15) is 0 Å². The molecule has 0 spiro atoms. The van der Waals surface area contributed by atoms with Crippen molar-refractivity contribution in [2.75, 3.05) is 5.73 Å². The van der Waals surface area contributed by atoms with Gasteiger partial charge in [-0.15, -0.1) is 0 Å². The molecule has 0 radical (unpaired) electrons. The van der Waals surface area contributed by atoms with Gasteiger partial charge in [-0.3, -0.25) is 4.79 Å². The Morgan fingerprint density at radius 2 is 1.74 bits per heavy atom. The van der Waals surface area contributed by atoms with Gasteiger partial charge >= 0.3 is 0 Å². The summed E-state index contributed by atoms with van der Waals surface area (Å²) in [5.41, 5.74) is 9.06. The normalized spacial score (nSPS) is 10.7. The van der Waals surface area contributed by atoms with Crippen LogP contribution in [0.1, 0.15) is 15.9 Å². The number of halogens is 2. The molecule has 0 saturated heterocycles. The summed E-state index contributed by atoms with van der Waals surface area (Å²) < 4.78 is 1.75. The number of nitrogens with zero attached hydrogens (tertiary/aromatic N) is 1. The maximum atomic E-state index is 12.4. The molecule has 23 heavy (non-hydrogen) atoms. The first-order valence-corrected chi connectivity index (χ1v) is 8.49. The largest absolute Gasteiger partial charge is 0.369 e. The van der Waals surface area contributed by atoms with Gasteiger partial charge in [0, 0.05) is 20.9 Å². The van der Waals surface area contributed by atoms with Crippen molar-refractivity contribution >= 4 is 43.6 Å². The number of nitrogens with one attached hydrogen (secondary N) is 1. The minimum atomic E-state index is 0.0746. The van der Waals surface area contributed by atoms with E-state index in [1.165, 1.54) is 0 Å². The van der Waals surface area contributed by atoms with E-state index in [4.69, 9.17) is 5.73 Å². The van der Waals surface area contributed by atoms with Crippen molar-refractivity contribution in [2.24, 2.45) is 0 Å². The lowest BCUT2D eigenvalue weighted by Crippen LogP contribution is -2.03. The van der Waals surface area contributed by atoms with E-state index in [9.17, 15) is 4.79 Å². The second-order valence-electron chi connectivity index (χ2n) is 5.14. The molecule has 0 aliphatic rings. The van der Waals surface area contributed by atoms with E-state index < -0.39 is 0 Å². The van der Waals surface area contributed by atoms with Gasteiger partial charge in [-0.05, 0) is 29.3 Å². The molecule has 3 N–H and O–H groups in total. The Balaban J connectivity index is 1.76. The molecule has 3 aromatic rings. The van der Waals surface area contributed by atoms with Crippen LogP contribution in [-0.4, -0.2) is 15.8 Å². The number of aromatic nitrogens is 2. The van der Waals surface area contributed by atoms with Gasteiger partial charge < -0.3 is 10.7 Å². The number of ketones is 1. The number of aromatic amines is 1. The predicted molar refractivity (Wildman–Crippen MR) is 98.3 cm³/mol. The van der Waals surface area contributed by atoms with Crippen molar-refractivity contribution in [1.29, 1.82) is 0 Å². The lowest BCUT2D eigenvalue weighted by molar-refractivity contribution is 0.0993. The standard InChI is InChI=1S/C17H13Br2N3O/c18-13-6-12(7-14(19)8-13)16(23)5-10-1-3-11(4-2-10)15-9-21-17(20)22-15/h1-4,6-9H,5H2,(H3,20,21,22). The van der Waals surface area contributed by atoms with Gasteiger partial charge in [-0.2, -0.15) is 0 Å². The minimum absolute atomic E-state index is 0.0746. The van der Waals surface area contributed by atoms with Crippen molar-refractivity contribution in [3.63, 3.8) is 0 Å². The number of carbonyl (C=O) groups is 1. The first kappa shape index (κ1) is 16.0. The Morgan fingerprint density at radius 1 is 1.09 bits per heavy atom. The van der Waals surface area contributed by atoms with E-state index >= 15 is 0 Å². The zero-order valence-electron chi connectivity index (χ0n) is 12.0. The summed E-state index contributed by atoms with van der Waals surface area (Å²) in [6.45, 7) is 0. The third-order valence-corrected chi connectivity index (χ3v) is 4.33. The SMILES string of the molecule is Nc1ncc(-c2ccc(CC(=O)c3cc(Br)cc(Br)c3)cc2)[nH]1. The molecule has 0 saturated carbocycles. The monoisotopic (exact) mass is 433 g/mol. The Labute approximate surface area is 150 Å². The number of imidazole rings is 1. The fourth-order valence-corrected chi connectivity index (χ4v) is 3.58. The van der Waals surface area contributed by atoms with Crippen LogP contribution >= 0.6 is 31.9 Å². The molecule has 0 atom stereocenters. The fourth-order valence-electron chi connectivity index (χ4n) is 2.29. The maximum absolute atomic E-state index is 12.4. The van der Waals surface area contributed by atoms with Crippen LogP contribution in [-0.2, 0) is 6.42 Å². The summed E-state index contributed by atoms with van der Waals surface area (Å²) >= 11 is 6.80. The summed E-state index contributed by atoms with van der Waals surface area (Å²) in [7, 11) is 0. The fraction of sp³-hybridized carbons (Fsp3) is 0.0588. The molecule has 3 rings (SSSR count). The molecule has 0 aliphatic carbocycles. The number of nitrogen functional groups attached to an aromatic ring is 1. The van der Waals surface area contributed by atoms with Crippen LogP contribution in [0.25, 0.3) is 11.3 Å². The molecular weight excluding hydrogens is 422 g/mol. The van der Waals surface area contributed by atoms with Crippen molar-refractivity contribution in [3.8, 4) is 11.3 Å². The lowest BCUT2D eigenvalue weighted by Gasteiger charge is -2.05. The summed E-state index contributed by atoms with van der Waals surface area (Å²) in [6, 6.07) is 13.3. The zero-order chi connectivity index (χ0) is 16.4. The number of carbonyl (C=O) groups excluding carboxylic acids is 1. The zero-order valence-corrected chi connectivity index (χ0v) is 15.2. The molecule has 4 nitrogen and oxygen atoms in total. The molecule has 0 bridgehead atoms. The van der Waals surface area contributed by atoms with Crippen LogP contribution in [0.4, 0.5) is 5.95 Å². The molecule has 0 amide bonds. The van der Waals surface area contributed by atoms with Crippen molar-refractivity contribution < 1.29 is 4.79 Å². The van der Waals surface area contributed by atoms with Gasteiger partial charge in [-0.25, -0.2) is 4.98 Å². The van der Waals surface area contributed by atoms with Crippen LogP contribution in [0.5, 0.6) is 0 Å². The van der Waals surface area contributed by atoms with E-state index in [1.807, 2.05) is 42.5 Å². The quantitative estimate of drug-likeness (QED) is 0.589. The molecule has 2 aromatic carbocycles. The highest BCUT2D eigenvalue weighted by molar-refractivity contribution is 9.11. The van der Waals surface area contributed by atoms with E-state index in [2.05, 4.69) is 41.8 Å². The summed E-state index contributed by atoms with van der Waals surface area (Å²) in [6.07, 6.45) is 2.04. The third kappa shape index (κ3) is 3.89. The van der Waals surface area contributed by atoms with E-state index in [0.717, 1.165) is 25.8 Å². The lowest BCUT2D eigenvalue weighted by atomic mass is 10.0. The van der Waals surface area contributed by atoms with Crippen molar-refractivity contribution in [2.45, 2.75) is 6.42 Å². The molecule has 0 unspecified atom stereocenters. The van der Waals surface area contributed by atoms with Gasteiger partial charge in [0.15, 0.2) is 11.7 Å². The smallest absolute Gasteiger partial charge is 0.197 e. The molecular formula is C17H13Br2N3O. The number of rotatable bonds is 4. The number of hydrogen-bond donors (Lipinski definition) is 2. The summed E-state index contributed by atoms with van der Waals surface area (Å²) in [5.74, 6) is 0.463. The van der Waals surface area contributed by atoms with Crippen LogP contribution in [0.15, 0.2) is 57.6 Å². The molecule has 0 fully saturated rings. The van der Waals surface area contributed by atoms with Crippen LogP contribution in [0, 0.1) is 0 Å². The first-order valence-electron chi connectivity index (χ1n) is 6.90. The minimum Gasteiger partial charge on any atom is -0.369 e. The van der Waals surface area contributed by atoms with Gasteiger partial charge in [0.2, 0.25) is 0 Å². The highest BCUT2D eigenvalue weighted by Gasteiger charge is 2.09. The first-order chi connectivity index (χ1) is 11.0. The number of anilines is 1. The third-order valence-electron chi connectivity index (χ3n) is 3.41. The Hall–Kier alpha value is -1.92. The topological polar surface area (TPSA) is 71.8 Å². The highest BCUT2D eigenvalue weighted by atomic mass is 79.9. The van der Waals surface area contributed by atoms with Crippen molar-refractivity contribution in [3.05, 3.63) is 68.7 Å². The molecule has 6 heteroatoms. The van der Waals surface area contributed by atoms with E-state index in [-0.39, 0.29) is 5.78 Å². The molecule has 116 valence electrons. The predicted octanol–water partition coefficient (Wildman–Crippen LogP) is 4.61. The Bertz CT molecular complexity index is 836. The highest BCUT2D eigenvalue weighted by Crippen LogP contribution is 2.22. The summed E-state index contributed by atoms with van der Waals surface area (Å²) in [4.78, 5) is 19.4. The number of hydrogen-bond acceptors (Lipinski definition) is 3. The Kier molecular flexibility index (Phi) is 4.63. The van der Waals surface area contributed by atoms with Crippen molar-refractivity contribution in [1.82, 2.24) is 9.97 Å². The van der Waals surface area contributed by atoms with Crippen LogP contribution in [0.2, 0.25) is 0 Å². The van der Waals surface area contributed by atoms with Crippen LogP contribution in [0.3, 0.4) is 0 Å². The molecule has 0 aliphatic heterocycles. The van der Waals surface area contributed by atoms with E-state index in [0.29, 0.717) is 17.9 Å². The summed E-state index contributed by atoms with van der Waals surface area (Å²) in [5, 5.41) is 0. The second kappa shape index (κ2) is 6.68. The van der Waals surface area contributed by atoms with Gasteiger partial charge in [-0.1, -0.05) is 56.1 Å².